The molecule has 2 amide bonds. The first-order valence-electron chi connectivity index (χ1n) is 11.9. The third kappa shape index (κ3) is 6.68. The van der Waals surface area contributed by atoms with Crippen molar-refractivity contribution in [1.82, 2.24) is 20.8 Å². The van der Waals surface area contributed by atoms with Crippen LogP contribution in [-0.2, 0) is 4.79 Å². The first-order chi connectivity index (χ1) is 16.2. The second kappa shape index (κ2) is 11.6. The highest BCUT2D eigenvalue weighted by Crippen LogP contribution is 2.30. The van der Waals surface area contributed by atoms with Gasteiger partial charge in [0.05, 0.1) is 6.04 Å². The number of carbonyl (C=O) groups is 3. The molecule has 1 fully saturated rings. The Morgan fingerprint density at radius 3 is 2.35 bits per heavy atom. The molecule has 9 heteroatoms. The van der Waals surface area contributed by atoms with Gasteiger partial charge in [-0.05, 0) is 37.3 Å². The van der Waals surface area contributed by atoms with Gasteiger partial charge < -0.3 is 15.2 Å². The highest BCUT2D eigenvalue weighted by atomic mass is 32.2. The van der Waals surface area contributed by atoms with E-state index in [-0.39, 0.29) is 34.6 Å². The van der Waals surface area contributed by atoms with Crippen LogP contribution in [0.25, 0.3) is 0 Å². The molecule has 0 spiro atoms. The molecule has 0 aliphatic heterocycles. The van der Waals surface area contributed by atoms with Crippen molar-refractivity contribution in [2.45, 2.75) is 88.3 Å². The standard InChI is InChI=1S/C25H34N4O4S/c1-16(2)15-19(20(30)21-27-24(33-29-21)34-17(3)4)26-23(32)25(13-9-6-10-14-25)28-22(31)18-11-7-5-8-12-18/h5,7-8,11-12,16-17,19H,6,9-10,13-15H2,1-4H3,(H,26,32)(H,28,31)/t19-/m0/s1. The third-order valence-electron chi connectivity index (χ3n) is 5.82. The van der Waals surface area contributed by atoms with Gasteiger partial charge in [-0.25, -0.2) is 0 Å². The summed E-state index contributed by atoms with van der Waals surface area (Å²) >= 11 is 1.38. The number of hydrogen-bond donors (Lipinski definition) is 2. The lowest BCUT2D eigenvalue weighted by Crippen LogP contribution is -2.62. The Balaban J connectivity index is 1.80. The van der Waals surface area contributed by atoms with E-state index < -0.39 is 11.6 Å². The van der Waals surface area contributed by atoms with Crippen LogP contribution in [0.2, 0.25) is 0 Å². The molecule has 1 heterocycles. The number of aromatic nitrogens is 2. The smallest absolute Gasteiger partial charge is 0.286 e. The molecule has 1 aromatic heterocycles. The summed E-state index contributed by atoms with van der Waals surface area (Å²) in [7, 11) is 0. The lowest BCUT2D eigenvalue weighted by atomic mass is 9.80. The number of amides is 2. The second-order valence-corrected chi connectivity index (χ2v) is 11.1. The lowest BCUT2D eigenvalue weighted by Gasteiger charge is -2.37. The third-order valence-corrected chi connectivity index (χ3v) is 6.66. The van der Waals surface area contributed by atoms with Crippen molar-refractivity contribution in [3.63, 3.8) is 0 Å². The number of ketones is 1. The van der Waals surface area contributed by atoms with Gasteiger partial charge in [0.15, 0.2) is 0 Å². The summed E-state index contributed by atoms with van der Waals surface area (Å²) in [6.45, 7) is 7.95. The maximum Gasteiger partial charge on any atom is 0.286 e. The molecule has 0 bridgehead atoms. The van der Waals surface area contributed by atoms with Crippen LogP contribution in [0.5, 0.6) is 0 Å². The van der Waals surface area contributed by atoms with Crippen LogP contribution in [0.15, 0.2) is 40.1 Å². The Morgan fingerprint density at radius 2 is 1.74 bits per heavy atom. The van der Waals surface area contributed by atoms with Crippen LogP contribution in [0.3, 0.4) is 0 Å². The number of rotatable bonds is 10. The molecule has 3 rings (SSSR count). The van der Waals surface area contributed by atoms with Gasteiger partial charge in [0.25, 0.3) is 11.1 Å². The second-order valence-electron chi connectivity index (χ2n) is 9.53. The molecule has 1 aliphatic rings. The van der Waals surface area contributed by atoms with Crippen molar-refractivity contribution in [3.05, 3.63) is 41.7 Å². The summed E-state index contributed by atoms with van der Waals surface area (Å²) in [5.74, 6) is -0.914. The van der Waals surface area contributed by atoms with Crippen molar-refractivity contribution in [1.29, 1.82) is 0 Å². The number of Topliss-reactive ketones (excluding diaryl/α,β-unsaturated/α-hetero) is 1. The van der Waals surface area contributed by atoms with Crippen molar-refractivity contribution in [3.8, 4) is 0 Å². The fraction of sp³-hybridized carbons (Fsp3) is 0.560. The van der Waals surface area contributed by atoms with Gasteiger partial charge in [-0.1, -0.05) is 82.1 Å². The van der Waals surface area contributed by atoms with E-state index in [1.54, 1.807) is 24.3 Å². The maximum absolute atomic E-state index is 13.6. The predicted molar refractivity (Wildman–Crippen MR) is 131 cm³/mol. The Hall–Kier alpha value is -2.68. The van der Waals surface area contributed by atoms with E-state index in [1.807, 2.05) is 33.8 Å². The molecule has 0 unspecified atom stereocenters. The fourth-order valence-electron chi connectivity index (χ4n) is 4.16. The molecule has 34 heavy (non-hydrogen) atoms. The number of benzene rings is 1. The van der Waals surface area contributed by atoms with Crippen molar-refractivity contribution in [2.75, 3.05) is 0 Å². The maximum atomic E-state index is 13.6. The quantitative estimate of drug-likeness (QED) is 0.377. The molecule has 184 valence electrons. The summed E-state index contributed by atoms with van der Waals surface area (Å²) in [5.41, 5.74) is -0.562. The molecule has 2 N–H and O–H groups in total. The topological polar surface area (TPSA) is 114 Å². The van der Waals surface area contributed by atoms with Crippen LogP contribution >= 0.6 is 11.8 Å². The minimum Gasteiger partial charge on any atom is -0.344 e. The number of nitrogens with zero attached hydrogens (tertiary/aromatic N) is 2. The Kier molecular flexibility index (Phi) is 8.88. The fourth-order valence-corrected chi connectivity index (χ4v) is 4.78. The zero-order chi connectivity index (χ0) is 24.7. The largest absolute Gasteiger partial charge is 0.344 e. The normalized spacial score (nSPS) is 16.3. The van der Waals surface area contributed by atoms with Gasteiger partial charge in [0, 0.05) is 10.8 Å². The van der Waals surface area contributed by atoms with E-state index in [0.717, 1.165) is 19.3 Å². The molecule has 1 aliphatic carbocycles. The molecule has 1 saturated carbocycles. The van der Waals surface area contributed by atoms with Gasteiger partial charge in [0.2, 0.25) is 17.5 Å². The molecule has 8 nitrogen and oxygen atoms in total. The van der Waals surface area contributed by atoms with Gasteiger partial charge >= 0.3 is 0 Å². The summed E-state index contributed by atoms with van der Waals surface area (Å²) in [6, 6.07) is 8.04. The monoisotopic (exact) mass is 486 g/mol. The summed E-state index contributed by atoms with van der Waals surface area (Å²) < 4.78 is 5.21. The van der Waals surface area contributed by atoms with Crippen LogP contribution in [-0.4, -0.2) is 44.6 Å². The van der Waals surface area contributed by atoms with Gasteiger partial charge in [-0.2, -0.15) is 4.98 Å². The minimum atomic E-state index is -1.06. The minimum absolute atomic E-state index is 0.0416. The van der Waals surface area contributed by atoms with E-state index in [2.05, 4.69) is 20.8 Å². The van der Waals surface area contributed by atoms with Crippen LogP contribution in [0.4, 0.5) is 0 Å². The van der Waals surface area contributed by atoms with Crippen molar-refractivity contribution < 1.29 is 18.9 Å². The van der Waals surface area contributed by atoms with Gasteiger partial charge in [-0.15, -0.1) is 0 Å². The summed E-state index contributed by atoms with van der Waals surface area (Å²) in [5, 5.41) is 10.3. The van der Waals surface area contributed by atoms with Crippen molar-refractivity contribution in [2.24, 2.45) is 5.92 Å². The lowest BCUT2D eigenvalue weighted by molar-refractivity contribution is -0.129. The van der Waals surface area contributed by atoms with E-state index in [4.69, 9.17) is 4.52 Å². The first kappa shape index (κ1) is 25.9. The van der Waals surface area contributed by atoms with Gasteiger partial charge in [0.1, 0.15) is 5.54 Å². The first-order valence-corrected chi connectivity index (χ1v) is 12.8. The Labute approximate surface area is 205 Å². The van der Waals surface area contributed by atoms with Crippen LogP contribution in [0, 0.1) is 5.92 Å². The highest BCUT2D eigenvalue weighted by Gasteiger charge is 2.43. The van der Waals surface area contributed by atoms with Crippen LogP contribution < -0.4 is 10.6 Å². The highest BCUT2D eigenvalue weighted by molar-refractivity contribution is 7.99. The van der Waals surface area contributed by atoms with E-state index in [0.29, 0.717) is 30.0 Å². The summed E-state index contributed by atoms with van der Waals surface area (Å²) in [4.78, 5) is 44.0. The van der Waals surface area contributed by atoms with E-state index in [1.165, 1.54) is 11.8 Å². The molecular weight excluding hydrogens is 452 g/mol. The van der Waals surface area contributed by atoms with E-state index >= 15 is 0 Å². The average Bonchev–Trinajstić information content (AvgIpc) is 3.26. The average molecular weight is 487 g/mol. The molecule has 0 saturated heterocycles. The predicted octanol–water partition coefficient (Wildman–Crippen LogP) is 4.42. The molecular formula is C25H34N4O4S. The molecule has 2 aromatic rings. The van der Waals surface area contributed by atoms with Crippen molar-refractivity contribution >= 4 is 29.4 Å². The molecule has 0 radical (unpaired) electrons. The Bertz CT molecular complexity index is 984. The molecule has 1 aromatic carbocycles. The Morgan fingerprint density at radius 1 is 1.06 bits per heavy atom. The summed E-state index contributed by atoms with van der Waals surface area (Å²) in [6.07, 6.45) is 4.13. The number of carbonyl (C=O) groups excluding carboxylic acids is 3. The number of nitrogens with one attached hydrogen (secondary N) is 2. The zero-order valence-electron chi connectivity index (χ0n) is 20.3. The zero-order valence-corrected chi connectivity index (χ0v) is 21.1. The molecule has 1 atom stereocenters. The van der Waals surface area contributed by atoms with E-state index in [9.17, 15) is 14.4 Å². The van der Waals surface area contributed by atoms with Crippen LogP contribution in [0.1, 0.15) is 87.2 Å². The van der Waals surface area contributed by atoms with Gasteiger partial charge in [-0.3, -0.25) is 14.4 Å². The number of hydrogen-bond acceptors (Lipinski definition) is 7. The number of thioether (sulfide) groups is 1. The SMILES string of the molecule is CC(C)C[C@H](NC(=O)C1(NC(=O)c2ccccc2)CCCCC1)C(=O)c1noc(SC(C)C)n1.